The van der Waals surface area contributed by atoms with Crippen LogP contribution < -0.4 is 0 Å². The fourth-order valence-corrected chi connectivity index (χ4v) is 2.25. The molecule has 1 fully saturated rings. The van der Waals surface area contributed by atoms with Crippen LogP contribution in [0, 0.1) is 0 Å². The summed E-state index contributed by atoms with van der Waals surface area (Å²) in [6.45, 7) is 6.19. The summed E-state index contributed by atoms with van der Waals surface area (Å²) in [6.07, 6.45) is 2.78. The summed E-state index contributed by atoms with van der Waals surface area (Å²) in [6, 6.07) is 9.97. The van der Waals surface area contributed by atoms with Crippen molar-refractivity contribution in [2.75, 3.05) is 6.61 Å². The second-order valence-corrected chi connectivity index (χ2v) is 5.61. The van der Waals surface area contributed by atoms with E-state index in [0.29, 0.717) is 13.2 Å². The van der Waals surface area contributed by atoms with Crippen LogP contribution in [0.15, 0.2) is 42.5 Å². The highest BCUT2D eigenvalue weighted by atomic mass is 16.8. The third-order valence-corrected chi connectivity index (χ3v) is 3.14. The Kier molecular flexibility index (Phi) is 5.28. The molecule has 4 heteroatoms. The van der Waals surface area contributed by atoms with E-state index in [1.807, 2.05) is 44.2 Å². The molecule has 2 atom stereocenters. The van der Waals surface area contributed by atoms with E-state index in [-0.39, 0.29) is 18.0 Å². The molecular weight excluding hydrogens is 268 g/mol. The zero-order chi connectivity index (χ0) is 15.3. The van der Waals surface area contributed by atoms with E-state index in [1.54, 1.807) is 6.08 Å². The zero-order valence-electron chi connectivity index (χ0n) is 12.7. The molecule has 114 valence electrons. The van der Waals surface area contributed by atoms with Crippen molar-refractivity contribution in [3.05, 3.63) is 48.0 Å². The third kappa shape index (κ3) is 5.08. The van der Waals surface area contributed by atoms with Crippen LogP contribution in [-0.2, 0) is 25.6 Å². The number of allylic oxidation sites excluding steroid dienone is 1. The summed E-state index contributed by atoms with van der Waals surface area (Å²) in [7, 11) is 0. The fourth-order valence-electron chi connectivity index (χ4n) is 2.25. The second kappa shape index (κ2) is 6.98. The van der Waals surface area contributed by atoms with Gasteiger partial charge in [-0.15, -0.1) is 0 Å². The van der Waals surface area contributed by atoms with Gasteiger partial charge in [0.05, 0.1) is 13.2 Å². The van der Waals surface area contributed by atoms with Crippen molar-refractivity contribution in [2.45, 2.75) is 45.4 Å². The molecule has 0 radical (unpaired) electrons. The van der Waals surface area contributed by atoms with Gasteiger partial charge in [-0.1, -0.05) is 30.3 Å². The average molecular weight is 290 g/mol. The van der Waals surface area contributed by atoms with E-state index in [2.05, 4.69) is 0 Å². The number of hydrogen-bond acceptors (Lipinski definition) is 4. The van der Waals surface area contributed by atoms with Gasteiger partial charge in [0.1, 0.15) is 12.2 Å². The minimum Gasteiger partial charge on any atom is -0.374 e. The molecule has 21 heavy (non-hydrogen) atoms. The molecule has 0 bridgehead atoms. The Bertz CT molecular complexity index is 493. The molecule has 4 nitrogen and oxygen atoms in total. The standard InChI is InChI=1S/C17H22O4/c1-13(18)9-10-15-16(21-17(2,3)20-15)12-19-11-14-7-5-4-6-8-14/h4-10,15-16H,11-12H2,1-3H3/b10-9+/t15-,16-/m0/s1. The van der Waals surface area contributed by atoms with Crippen LogP contribution in [0.4, 0.5) is 0 Å². The van der Waals surface area contributed by atoms with Gasteiger partial charge in [-0.2, -0.15) is 0 Å². The summed E-state index contributed by atoms with van der Waals surface area (Å²) in [4.78, 5) is 11.1. The summed E-state index contributed by atoms with van der Waals surface area (Å²) in [5.74, 6) is -0.667. The van der Waals surface area contributed by atoms with Crippen molar-refractivity contribution >= 4 is 5.78 Å². The van der Waals surface area contributed by atoms with Gasteiger partial charge in [0.2, 0.25) is 0 Å². The maximum atomic E-state index is 11.1. The Hall–Kier alpha value is -1.49. The molecule has 0 spiro atoms. The van der Waals surface area contributed by atoms with Gasteiger partial charge in [0, 0.05) is 0 Å². The fraction of sp³-hybridized carbons (Fsp3) is 0.471. The minimum absolute atomic E-state index is 0.00717. The van der Waals surface area contributed by atoms with Crippen LogP contribution in [0.1, 0.15) is 26.3 Å². The average Bonchev–Trinajstić information content (AvgIpc) is 2.72. The molecule has 2 rings (SSSR count). The summed E-state index contributed by atoms with van der Waals surface area (Å²) >= 11 is 0. The first-order valence-corrected chi connectivity index (χ1v) is 7.12. The van der Waals surface area contributed by atoms with E-state index in [1.165, 1.54) is 13.0 Å². The molecule has 1 aliphatic rings. The van der Waals surface area contributed by atoms with Crippen molar-refractivity contribution in [3.8, 4) is 0 Å². The Morgan fingerprint density at radius 3 is 2.67 bits per heavy atom. The first-order chi connectivity index (χ1) is 9.96. The Morgan fingerprint density at radius 1 is 1.29 bits per heavy atom. The number of ketones is 1. The first kappa shape index (κ1) is 15.9. The Morgan fingerprint density at radius 2 is 2.00 bits per heavy atom. The van der Waals surface area contributed by atoms with Gasteiger partial charge >= 0.3 is 0 Å². The lowest BCUT2D eigenvalue weighted by Gasteiger charge is -2.16. The van der Waals surface area contributed by atoms with Crippen molar-refractivity contribution in [2.24, 2.45) is 0 Å². The minimum atomic E-state index is -0.660. The highest BCUT2D eigenvalue weighted by molar-refractivity contribution is 5.87. The molecule has 1 saturated heterocycles. The smallest absolute Gasteiger partial charge is 0.164 e. The van der Waals surface area contributed by atoms with Gasteiger partial charge in [0.15, 0.2) is 11.6 Å². The molecule has 0 saturated carbocycles. The van der Waals surface area contributed by atoms with E-state index >= 15 is 0 Å². The largest absolute Gasteiger partial charge is 0.374 e. The van der Waals surface area contributed by atoms with Gasteiger partial charge in [0.25, 0.3) is 0 Å². The molecule has 1 heterocycles. The molecule has 1 aromatic carbocycles. The molecule has 0 amide bonds. The van der Waals surface area contributed by atoms with Crippen molar-refractivity contribution in [3.63, 3.8) is 0 Å². The molecule has 1 aliphatic heterocycles. The van der Waals surface area contributed by atoms with Crippen LogP contribution in [0.2, 0.25) is 0 Å². The second-order valence-electron chi connectivity index (χ2n) is 5.61. The van der Waals surface area contributed by atoms with Crippen molar-refractivity contribution < 1.29 is 19.0 Å². The zero-order valence-corrected chi connectivity index (χ0v) is 12.7. The van der Waals surface area contributed by atoms with E-state index in [9.17, 15) is 4.79 Å². The Balaban J connectivity index is 1.88. The predicted molar refractivity (Wildman–Crippen MR) is 79.7 cm³/mol. The van der Waals surface area contributed by atoms with Crippen molar-refractivity contribution in [1.29, 1.82) is 0 Å². The third-order valence-electron chi connectivity index (χ3n) is 3.14. The lowest BCUT2D eigenvalue weighted by molar-refractivity contribution is -0.148. The lowest BCUT2D eigenvalue weighted by atomic mass is 10.2. The number of hydrogen-bond donors (Lipinski definition) is 0. The molecule has 0 aromatic heterocycles. The van der Waals surface area contributed by atoms with E-state index in [4.69, 9.17) is 14.2 Å². The van der Waals surface area contributed by atoms with Crippen LogP contribution in [0.5, 0.6) is 0 Å². The number of ether oxygens (including phenoxy) is 3. The molecule has 0 unspecified atom stereocenters. The van der Waals surface area contributed by atoms with E-state index < -0.39 is 5.79 Å². The molecule has 0 N–H and O–H groups in total. The number of benzene rings is 1. The number of carbonyl (C=O) groups is 1. The van der Waals surface area contributed by atoms with Crippen LogP contribution >= 0.6 is 0 Å². The maximum Gasteiger partial charge on any atom is 0.164 e. The van der Waals surface area contributed by atoms with Crippen LogP contribution in [0.25, 0.3) is 0 Å². The maximum absolute atomic E-state index is 11.1. The molecule has 1 aromatic rings. The normalized spacial score (nSPS) is 24.5. The van der Waals surface area contributed by atoms with Gasteiger partial charge < -0.3 is 14.2 Å². The monoisotopic (exact) mass is 290 g/mol. The summed E-state index contributed by atoms with van der Waals surface area (Å²) < 4.78 is 17.3. The summed E-state index contributed by atoms with van der Waals surface area (Å²) in [5, 5.41) is 0. The van der Waals surface area contributed by atoms with E-state index in [0.717, 1.165) is 5.56 Å². The highest BCUT2D eigenvalue weighted by Crippen LogP contribution is 2.29. The predicted octanol–water partition coefficient (Wildman–Crippen LogP) is 2.87. The quantitative estimate of drug-likeness (QED) is 0.756. The SMILES string of the molecule is CC(=O)/C=C/[C@@H]1OC(C)(C)O[C@H]1COCc1ccccc1. The first-order valence-electron chi connectivity index (χ1n) is 7.12. The molecular formula is C17H22O4. The number of carbonyl (C=O) groups excluding carboxylic acids is 1. The Labute approximate surface area is 125 Å². The molecule has 0 aliphatic carbocycles. The summed E-state index contributed by atoms with van der Waals surface area (Å²) in [5.41, 5.74) is 1.12. The number of rotatable bonds is 6. The van der Waals surface area contributed by atoms with Gasteiger partial charge in [-0.05, 0) is 38.5 Å². The van der Waals surface area contributed by atoms with Crippen LogP contribution in [0.3, 0.4) is 0 Å². The highest BCUT2D eigenvalue weighted by Gasteiger charge is 2.39. The van der Waals surface area contributed by atoms with Gasteiger partial charge in [-0.3, -0.25) is 4.79 Å². The van der Waals surface area contributed by atoms with Gasteiger partial charge in [-0.25, -0.2) is 0 Å². The lowest BCUT2D eigenvalue weighted by Crippen LogP contribution is -2.26. The topological polar surface area (TPSA) is 44.8 Å². The van der Waals surface area contributed by atoms with Crippen molar-refractivity contribution in [1.82, 2.24) is 0 Å². The van der Waals surface area contributed by atoms with Crippen LogP contribution in [-0.4, -0.2) is 30.4 Å².